The maximum absolute atomic E-state index is 13.3. The summed E-state index contributed by atoms with van der Waals surface area (Å²) < 4.78 is 14.0. The molecule has 2 aromatic rings. The molecule has 15 heavy (non-hydrogen) atoms. The van der Waals surface area contributed by atoms with Gasteiger partial charge >= 0.3 is 0 Å². The number of thiophene rings is 1. The Labute approximate surface area is 98.7 Å². The molecule has 0 unspecified atom stereocenters. The molecule has 0 radical (unpaired) electrons. The fourth-order valence-corrected chi connectivity index (χ4v) is 2.73. The van der Waals surface area contributed by atoms with Crippen LogP contribution in [0.25, 0.3) is 0 Å². The Balaban J connectivity index is 2.46. The van der Waals surface area contributed by atoms with Crippen molar-refractivity contribution in [1.29, 1.82) is 0 Å². The molecule has 4 heteroatoms. The maximum Gasteiger partial charge on any atom is 0.207 e. The lowest BCUT2D eigenvalue weighted by atomic mass is 10.1. The number of carbonyl (C=O) groups is 1. The molecule has 0 atom stereocenters. The Kier molecular flexibility index (Phi) is 2.98. The second kappa shape index (κ2) is 4.24. The van der Waals surface area contributed by atoms with Crippen molar-refractivity contribution >= 4 is 33.0 Å². The van der Waals surface area contributed by atoms with Crippen LogP contribution < -0.4 is 0 Å². The van der Waals surface area contributed by atoms with Gasteiger partial charge in [-0.25, -0.2) is 4.39 Å². The molecule has 0 spiro atoms. The van der Waals surface area contributed by atoms with Gasteiger partial charge in [-0.2, -0.15) is 0 Å². The Hall–Kier alpha value is -1.00. The number of halogens is 2. The number of rotatable bonds is 2. The van der Waals surface area contributed by atoms with E-state index >= 15 is 0 Å². The SMILES string of the molecule is O=C(c1ccccc1F)c1sccc1Br. The number of ketones is 1. The van der Waals surface area contributed by atoms with Crippen LogP contribution >= 0.6 is 27.3 Å². The minimum absolute atomic E-state index is 0.112. The maximum atomic E-state index is 13.3. The molecule has 0 aliphatic carbocycles. The van der Waals surface area contributed by atoms with Gasteiger partial charge in [0.1, 0.15) is 5.82 Å². The van der Waals surface area contributed by atoms with Gasteiger partial charge in [0.15, 0.2) is 0 Å². The van der Waals surface area contributed by atoms with Crippen molar-refractivity contribution in [2.75, 3.05) is 0 Å². The van der Waals surface area contributed by atoms with E-state index in [9.17, 15) is 9.18 Å². The van der Waals surface area contributed by atoms with E-state index in [1.807, 2.05) is 0 Å². The largest absolute Gasteiger partial charge is 0.288 e. The first-order chi connectivity index (χ1) is 7.20. The normalized spacial score (nSPS) is 10.3. The van der Waals surface area contributed by atoms with Gasteiger partial charge in [-0.15, -0.1) is 11.3 Å². The first-order valence-corrected chi connectivity index (χ1v) is 5.89. The van der Waals surface area contributed by atoms with Crippen LogP contribution in [-0.4, -0.2) is 5.78 Å². The van der Waals surface area contributed by atoms with Crippen LogP contribution in [0.2, 0.25) is 0 Å². The highest BCUT2D eigenvalue weighted by Gasteiger charge is 2.16. The Bertz CT molecular complexity index is 507. The third-order valence-corrected chi connectivity index (χ3v) is 3.78. The lowest BCUT2D eigenvalue weighted by Gasteiger charge is -2.00. The van der Waals surface area contributed by atoms with Gasteiger partial charge in [-0.1, -0.05) is 12.1 Å². The zero-order valence-corrected chi connectivity index (χ0v) is 9.94. The summed E-state index contributed by atoms with van der Waals surface area (Å²) >= 11 is 4.55. The zero-order chi connectivity index (χ0) is 10.8. The first-order valence-electron chi connectivity index (χ1n) is 4.22. The van der Waals surface area contributed by atoms with Gasteiger partial charge in [-0.05, 0) is 39.5 Å². The summed E-state index contributed by atoms with van der Waals surface area (Å²) in [7, 11) is 0. The summed E-state index contributed by atoms with van der Waals surface area (Å²) in [5.41, 5.74) is 0.112. The lowest BCUT2D eigenvalue weighted by Crippen LogP contribution is -2.02. The minimum atomic E-state index is -0.484. The molecule has 1 aromatic carbocycles. The van der Waals surface area contributed by atoms with Crippen molar-refractivity contribution in [3.05, 3.63) is 56.4 Å². The van der Waals surface area contributed by atoms with Crippen LogP contribution in [0.3, 0.4) is 0 Å². The van der Waals surface area contributed by atoms with Gasteiger partial charge < -0.3 is 0 Å². The lowest BCUT2D eigenvalue weighted by molar-refractivity contribution is 0.103. The molecule has 1 heterocycles. The smallest absolute Gasteiger partial charge is 0.207 e. The second-order valence-electron chi connectivity index (χ2n) is 2.91. The van der Waals surface area contributed by atoms with Crippen LogP contribution in [-0.2, 0) is 0 Å². The van der Waals surface area contributed by atoms with Crippen LogP contribution in [0.1, 0.15) is 15.2 Å². The van der Waals surface area contributed by atoms with E-state index in [2.05, 4.69) is 15.9 Å². The van der Waals surface area contributed by atoms with E-state index in [-0.39, 0.29) is 11.3 Å². The molecular weight excluding hydrogens is 279 g/mol. The van der Waals surface area contributed by atoms with Crippen molar-refractivity contribution in [2.24, 2.45) is 0 Å². The number of hydrogen-bond acceptors (Lipinski definition) is 2. The quantitative estimate of drug-likeness (QED) is 0.765. The zero-order valence-electron chi connectivity index (χ0n) is 7.54. The predicted molar refractivity (Wildman–Crippen MR) is 61.9 cm³/mol. The molecule has 0 saturated carbocycles. The molecule has 0 aliphatic rings. The van der Waals surface area contributed by atoms with E-state index in [4.69, 9.17) is 0 Å². The molecule has 0 aliphatic heterocycles. The second-order valence-corrected chi connectivity index (χ2v) is 4.68. The van der Waals surface area contributed by atoms with E-state index < -0.39 is 5.82 Å². The molecule has 1 nitrogen and oxygen atoms in total. The van der Waals surface area contributed by atoms with Crippen LogP contribution in [0.15, 0.2) is 40.2 Å². The molecule has 2 rings (SSSR count). The third kappa shape index (κ3) is 2.01. The van der Waals surface area contributed by atoms with Crippen LogP contribution in [0.5, 0.6) is 0 Å². The fourth-order valence-electron chi connectivity index (χ4n) is 1.22. The Morgan fingerprint density at radius 3 is 2.60 bits per heavy atom. The summed E-state index contributed by atoms with van der Waals surface area (Å²) in [4.78, 5) is 12.4. The minimum Gasteiger partial charge on any atom is -0.288 e. The summed E-state index contributed by atoms with van der Waals surface area (Å²) in [5.74, 6) is -0.766. The molecular formula is C11H6BrFOS. The molecule has 0 N–H and O–H groups in total. The molecule has 0 bridgehead atoms. The number of benzene rings is 1. The van der Waals surface area contributed by atoms with Gasteiger partial charge in [0, 0.05) is 4.47 Å². The molecule has 0 amide bonds. The highest BCUT2D eigenvalue weighted by atomic mass is 79.9. The summed E-state index contributed by atoms with van der Waals surface area (Å²) in [6.07, 6.45) is 0. The Morgan fingerprint density at radius 2 is 2.00 bits per heavy atom. The van der Waals surface area contributed by atoms with Gasteiger partial charge in [0.25, 0.3) is 0 Å². The average molecular weight is 285 g/mol. The fraction of sp³-hybridized carbons (Fsp3) is 0. The molecule has 0 saturated heterocycles. The van der Waals surface area contributed by atoms with Crippen molar-refractivity contribution in [3.8, 4) is 0 Å². The van der Waals surface area contributed by atoms with Crippen molar-refractivity contribution in [1.82, 2.24) is 0 Å². The molecule has 76 valence electrons. The van der Waals surface area contributed by atoms with Crippen LogP contribution in [0, 0.1) is 5.82 Å². The van der Waals surface area contributed by atoms with Crippen LogP contribution in [0.4, 0.5) is 4.39 Å². The molecule has 0 fully saturated rings. The topological polar surface area (TPSA) is 17.1 Å². The Morgan fingerprint density at radius 1 is 1.27 bits per heavy atom. The van der Waals surface area contributed by atoms with E-state index in [1.165, 1.54) is 23.5 Å². The standard InChI is InChI=1S/C11H6BrFOS/c12-8-5-6-15-11(8)10(14)7-3-1-2-4-9(7)13/h1-6H. The van der Waals surface area contributed by atoms with E-state index in [0.29, 0.717) is 9.35 Å². The van der Waals surface area contributed by atoms with Gasteiger partial charge in [0.05, 0.1) is 10.4 Å². The number of hydrogen-bond donors (Lipinski definition) is 0. The van der Waals surface area contributed by atoms with Crippen molar-refractivity contribution < 1.29 is 9.18 Å². The molecule has 1 aromatic heterocycles. The van der Waals surface area contributed by atoms with E-state index in [0.717, 1.165) is 0 Å². The predicted octanol–water partition coefficient (Wildman–Crippen LogP) is 3.88. The van der Waals surface area contributed by atoms with Crippen molar-refractivity contribution in [3.63, 3.8) is 0 Å². The highest BCUT2D eigenvalue weighted by molar-refractivity contribution is 9.10. The monoisotopic (exact) mass is 284 g/mol. The van der Waals surface area contributed by atoms with E-state index in [1.54, 1.807) is 23.6 Å². The highest BCUT2D eigenvalue weighted by Crippen LogP contribution is 2.26. The first kappa shape index (κ1) is 10.5. The summed E-state index contributed by atoms with van der Waals surface area (Å²) in [6.45, 7) is 0. The third-order valence-electron chi connectivity index (χ3n) is 1.94. The number of carbonyl (C=O) groups excluding carboxylic acids is 1. The summed E-state index contributed by atoms with van der Waals surface area (Å²) in [5, 5.41) is 1.79. The van der Waals surface area contributed by atoms with Gasteiger partial charge in [-0.3, -0.25) is 4.79 Å². The average Bonchev–Trinajstić information content (AvgIpc) is 2.64. The van der Waals surface area contributed by atoms with Crippen molar-refractivity contribution in [2.45, 2.75) is 0 Å². The van der Waals surface area contributed by atoms with Gasteiger partial charge in [0.2, 0.25) is 5.78 Å². The summed E-state index contributed by atoms with van der Waals surface area (Å²) in [6, 6.07) is 7.77.